The Bertz CT molecular complexity index is 514. The van der Waals surface area contributed by atoms with Gasteiger partial charge in [-0.3, -0.25) is 4.79 Å². The minimum atomic E-state index is 0.0402. The molecule has 0 aliphatic carbocycles. The number of carbonyl (C=O) groups is 1. The van der Waals surface area contributed by atoms with E-state index in [0.29, 0.717) is 22.6 Å². The quantitative estimate of drug-likeness (QED) is 0.899. The largest absolute Gasteiger partial charge is 0.482 e. The third kappa shape index (κ3) is 2.95. The van der Waals surface area contributed by atoms with Crippen molar-refractivity contribution in [3.8, 4) is 5.75 Å². The number of benzene rings is 1. The summed E-state index contributed by atoms with van der Waals surface area (Å²) in [6.07, 6.45) is 0. The minimum Gasteiger partial charge on any atom is -0.482 e. The van der Waals surface area contributed by atoms with Crippen LogP contribution in [-0.2, 0) is 4.79 Å². The van der Waals surface area contributed by atoms with Crippen molar-refractivity contribution in [2.24, 2.45) is 11.8 Å². The molecule has 0 bridgehead atoms. The van der Waals surface area contributed by atoms with Crippen LogP contribution in [0.4, 0.5) is 0 Å². The first-order valence-electron chi connectivity index (χ1n) is 6.70. The third-order valence-corrected chi connectivity index (χ3v) is 4.78. The maximum Gasteiger partial charge on any atom is 0.260 e. The second kappa shape index (κ2) is 5.92. The molecular formula is C14H16BrClN2O2. The summed E-state index contributed by atoms with van der Waals surface area (Å²) in [6.45, 7) is 3.78. The normalized spacial score (nSPS) is 24.8. The summed E-state index contributed by atoms with van der Waals surface area (Å²) in [7, 11) is 0. The van der Waals surface area contributed by atoms with E-state index in [9.17, 15) is 4.79 Å². The van der Waals surface area contributed by atoms with Gasteiger partial charge in [-0.05, 0) is 30.0 Å². The number of nitrogens with zero attached hydrogens (tertiary/aromatic N) is 1. The molecule has 2 saturated heterocycles. The van der Waals surface area contributed by atoms with Gasteiger partial charge in [0.25, 0.3) is 5.91 Å². The number of ether oxygens (including phenoxy) is 1. The molecule has 1 aromatic rings. The number of amides is 1. The van der Waals surface area contributed by atoms with E-state index in [2.05, 4.69) is 21.2 Å². The Balaban J connectivity index is 1.54. The van der Waals surface area contributed by atoms with E-state index >= 15 is 0 Å². The molecule has 0 aromatic heterocycles. The van der Waals surface area contributed by atoms with Crippen molar-refractivity contribution in [2.45, 2.75) is 0 Å². The number of hydrogen-bond acceptors (Lipinski definition) is 3. The van der Waals surface area contributed by atoms with Gasteiger partial charge >= 0.3 is 0 Å². The first-order chi connectivity index (χ1) is 9.63. The average molecular weight is 360 g/mol. The van der Waals surface area contributed by atoms with Crippen LogP contribution >= 0.6 is 27.5 Å². The maximum atomic E-state index is 12.2. The lowest BCUT2D eigenvalue weighted by molar-refractivity contribution is -0.132. The van der Waals surface area contributed by atoms with Crippen LogP contribution in [0.1, 0.15) is 0 Å². The molecule has 20 heavy (non-hydrogen) atoms. The summed E-state index contributed by atoms with van der Waals surface area (Å²) in [5.41, 5.74) is 0. The number of fused-ring (bicyclic) bond motifs is 1. The molecule has 2 atom stereocenters. The van der Waals surface area contributed by atoms with E-state index in [1.807, 2.05) is 11.0 Å². The lowest BCUT2D eigenvalue weighted by Crippen LogP contribution is -2.35. The second-order valence-electron chi connectivity index (χ2n) is 5.34. The van der Waals surface area contributed by atoms with Crippen LogP contribution in [0.3, 0.4) is 0 Å². The highest BCUT2D eigenvalue weighted by molar-refractivity contribution is 9.10. The van der Waals surface area contributed by atoms with Crippen molar-refractivity contribution in [2.75, 3.05) is 32.8 Å². The van der Waals surface area contributed by atoms with Crippen molar-refractivity contribution in [1.82, 2.24) is 10.2 Å². The van der Waals surface area contributed by atoms with Crippen molar-refractivity contribution >= 4 is 33.4 Å². The molecule has 3 rings (SSSR count). The van der Waals surface area contributed by atoms with Crippen LogP contribution in [0, 0.1) is 11.8 Å². The molecule has 4 nitrogen and oxygen atoms in total. The number of halogens is 2. The highest BCUT2D eigenvalue weighted by Crippen LogP contribution is 2.29. The van der Waals surface area contributed by atoms with Gasteiger partial charge in [0, 0.05) is 30.7 Å². The van der Waals surface area contributed by atoms with E-state index in [1.165, 1.54) is 0 Å². The Hall–Kier alpha value is -0.780. The Kier molecular flexibility index (Phi) is 4.19. The molecular weight excluding hydrogens is 344 g/mol. The third-order valence-electron chi connectivity index (χ3n) is 3.99. The van der Waals surface area contributed by atoms with Crippen LogP contribution in [0.25, 0.3) is 0 Å². The molecule has 0 saturated carbocycles. The van der Waals surface area contributed by atoms with E-state index < -0.39 is 0 Å². The second-order valence-corrected chi connectivity index (χ2v) is 6.66. The van der Waals surface area contributed by atoms with Crippen LogP contribution in [-0.4, -0.2) is 43.6 Å². The Morgan fingerprint density at radius 3 is 2.75 bits per heavy atom. The molecule has 0 unspecified atom stereocenters. The van der Waals surface area contributed by atoms with Gasteiger partial charge in [-0.2, -0.15) is 0 Å². The summed E-state index contributed by atoms with van der Waals surface area (Å²) < 4.78 is 6.42. The zero-order chi connectivity index (χ0) is 14.1. The number of likely N-dealkylation sites (tertiary alicyclic amines) is 1. The van der Waals surface area contributed by atoms with Crippen molar-refractivity contribution < 1.29 is 9.53 Å². The number of rotatable bonds is 3. The summed E-state index contributed by atoms with van der Waals surface area (Å²) in [6, 6.07) is 5.37. The molecule has 2 aliphatic heterocycles. The fourth-order valence-corrected chi connectivity index (χ4v) is 3.61. The molecule has 2 aliphatic rings. The molecule has 1 N–H and O–H groups in total. The Morgan fingerprint density at radius 2 is 2.10 bits per heavy atom. The molecule has 2 fully saturated rings. The molecule has 2 heterocycles. The minimum absolute atomic E-state index is 0.0402. The molecule has 108 valence electrons. The fourth-order valence-electron chi connectivity index (χ4n) is 2.88. The van der Waals surface area contributed by atoms with Crippen molar-refractivity contribution in [1.29, 1.82) is 0 Å². The van der Waals surface area contributed by atoms with Gasteiger partial charge in [0.2, 0.25) is 0 Å². The fraction of sp³-hybridized carbons (Fsp3) is 0.500. The van der Waals surface area contributed by atoms with Crippen molar-refractivity contribution in [3.63, 3.8) is 0 Å². The highest BCUT2D eigenvalue weighted by Gasteiger charge is 2.37. The van der Waals surface area contributed by atoms with Crippen LogP contribution in [0.2, 0.25) is 5.02 Å². The molecule has 6 heteroatoms. The van der Waals surface area contributed by atoms with Gasteiger partial charge in [0.05, 0.1) is 5.02 Å². The molecule has 0 spiro atoms. The summed E-state index contributed by atoms with van der Waals surface area (Å²) in [4.78, 5) is 14.1. The van der Waals surface area contributed by atoms with E-state index in [-0.39, 0.29) is 12.5 Å². The van der Waals surface area contributed by atoms with E-state index in [4.69, 9.17) is 16.3 Å². The zero-order valence-corrected chi connectivity index (χ0v) is 13.3. The van der Waals surface area contributed by atoms with Gasteiger partial charge in [-0.15, -0.1) is 0 Å². The van der Waals surface area contributed by atoms with E-state index in [1.54, 1.807) is 12.1 Å². The van der Waals surface area contributed by atoms with E-state index in [0.717, 1.165) is 30.7 Å². The lowest BCUT2D eigenvalue weighted by Gasteiger charge is -2.18. The average Bonchev–Trinajstić information content (AvgIpc) is 2.98. The Morgan fingerprint density at radius 1 is 1.40 bits per heavy atom. The topological polar surface area (TPSA) is 41.6 Å². The number of carbonyl (C=O) groups excluding carboxylic acids is 1. The molecule has 1 amide bonds. The zero-order valence-electron chi connectivity index (χ0n) is 10.9. The monoisotopic (exact) mass is 358 g/mol. The first-order valence-corrected chi connectivity index (χ1v) is 7.87. The van der Waals surface area contributed by atoms with Crippen LogP contribution < -0.4 is 10.1 Å². The van der Waals surface area contributed by atoms with Gasteiger partial charge in [-0.25, -0.2) is 0 Å². The number of nitrogens with one attached hydrogen (secondary N) is 1. The van der Waals surface area contributed by atoms with Crippen LogP contribution in [0.15, 0.2) is 22.7 Å². The predicted molar refractivity (Wildman–Crippen MR) is 81.1 cm³/mol. The lowest BCUT2D eigenvalue weighted by atomic mass is 10.0. The van der Waals surface area contributed by atoms with Gasteiger partial charge < -0.3 is 15.0 Å². The smallest absolute Gasteiger partial charge is 0.260 e. The van der Waals surface area contributed by atoms with Gasteiger partial charge in [0.15, 0.2) is 6.61 Å². The standard InChI is InChI=1S/C14H16BrClN2O2/c15-11-1-2-13(12(16)3-11)20-8-14(19)18-6-9-4-17-5-10(9)7-18/h1-3,9-10,17H,4-8H2/t9-,10+. The van der Waals surface area contributed by atoms with Crippen molar-refractivity contribution in [3.05, 3.63) is 27.7 Å². The maximum absolute atomic E-state index is 12.2. The highest BCUT2D eigenvalue weighted by atomic mass is 79.9. The molecule has 1 aromatic carbocycles. The SMILES string of the molecule is O=C(COc1ccc(Br)cc1Cl)N1C[C@H]2CNC[C@H]2C1. The first kappa shape index (κ1) is 14.2. The summed E-state index contributed by atoms with van der Waals surface area (Å²) in [5.74, 6) is 1.80. The van der Waals surface area contributed by atoms with Gasteiger partial charge in [0.1, 0.15) is 5.75 Å². The molecule has 0 radical (unpaired) electrons. The number of hydrogen-bond donors (Lipinski definition) is 1. The summed E-state index contributed by atoms with van der Waals surface area (Å²) >= 11 is 9.40. The Labute approximate surface area is 131 Å². The predicted octanol–water partition coefficient (Wildman–Crippen LogP) is 2.16. The van der Waals surface area contributed by atoms with Gasteiger partial charge in [-0.1, -0.05) is 27.5 Å². The van der Waals surface area contributed by atoms with Crippen LogP contribution in [0.5, 0.6) is 5.75 Å². The summed E-state index contributed by atoms with van der Waals surface area (Å²) in [5, 5.41) is 3.87.